The Balaban J connectivity index is 2.74. The number of hydrogen-bond donors (Lipinski definition) is 3. The molecule has 0 spiro atoms. The Hall–Kier alpha value is -1.10. The normalized spacial score (nSPS) is 20.1. The van der Waals surface area contributed by atoms with Gasteiger partial charge in [-0.05, 0) is 24.2 Å². The lowest BCUT2D eigenvalue weighted by Crippen LogP contribution is -2.57. The van der Waals surface area contributed by atoms with Crippen LogP contribution >= 0.6 is 0 Å². The van der Waals surface area contributed by atoms with Crippen LogP contribution in [0.3, 0.4) is 0 Å². The summed E-state index contributed by atoms with van der Waals surface area (Å²) in [5, 5.41) is 5.52. The van der Waals surface area contributed by atoms with Crippen LogP contribution in [0.15, 0.2) is 0 Å². The Morgan fingerprint density at radius 1 is 1.10 bits per heavy atom. The third kappa shape index (κ3) is 4.47. The molecule has 1 unspecified atom stereocenters. The molecule has 1 saturated carbocycles. The number of nitrogens with one attached hydrogen (secondary N) is 2. The van der Waals surface area contributed by atoms with Crippen molar-refractivity contribution in [3.05, 3.63) is 0 Å². The summed E-state index contributed by atoms with van der Waals surface area (Å²) in [5.74, 6) is -0.136. The maximum absolute atomic E-state index is 12.2. The van der Waals surface area contributed by atoms with Crippen LogP contribution in [-0.2, 0) is 9.59 Å². The fourth-order valence-electron chi connectivity index (χ4n) is 2.66. The summed E-state index contributed by atoms with van der Waals surface area (Å²) in [6.07, 6.45) is 5.44. The van der Waals surface area contributed by atoms with Crippen LogP contribution in [0.2, 0.25) is 0 Å². The molecule has 0 bridgehead atoms. The monoisotopic (exact) mass is 283 g/mol. The molecule has 2 amide bonds. The van der Waals surface area contributed by atoms with E-state index in [1.165, 1.54) is 6.42 Å². The highest BCUT2D eigenvalue weighted by Gasteiger charge is 2.34. The number of amides is 2. The van der Waals surface area contributed by atoms with Gasteiger partial charge in [0.2, 0.25) is 11.8 Å². The minimum atomic E-state index is -0.613. The molecular formula is C15H29N3O2. The van der Waals surface area contributed by atoms with E-state index in [2.05, 4.69) is 10.6 Å². The first kappa shape index (κ1) is 17.0. The zero-order chi connectivity index (χ0) is 15.3. The molecule has 0 saturated heterocycles. The van der Waals surface area contributed by atoms with E-state index in [9.17, 15) is 9.59 Å². The van der Waals surface area contributed by atoms with Gasteiger partial charge < -0.3 is 16.4 Å². The Morgan fingerprint density at radius 2 is 1.65 bits per heavy atom. The molecule has 5 heteroatoms. The van der Waals surface area contributed by atoms with Gasteiger partial charge in [0.1, 0.15) is 6.04 Å². The van der Waals surface area contributed by atoms with Crippen molar-refractivity contribution in [2.45, 2.75) is 65.0 Å². The van der Waals surface area contributed by atoms with Crippen LogP contribution in [-0.4, -0.2) is 30.9 Å². The summed E-state index contributed by atoms with van der Waals surface area (Å²) in [7, 11) is 1.61. The van der Waals surface area contributed by atoms with Crippen molar-refractivity contribution in [2.24, 2.45) is 17.1 Å². The third-order valence-corrected chi connectivity index (χ3v) is 4.16. The van der Waals surface area contributed by atoms with Crippen molar-refractivity contribution in [3.8, 4) is 0 Å². The highest BCUT2D eigenvalue weighted by molar-refractivity contribution is 5.90. The van der Waals surface area contributed by atoms with Gasteiger partial charge in [-0.3, -0.25) is 9.59 Å². The van der Waals surface area contributed by atoms with Gasteiger partial charge in [0.25, 0.3) is 0 Å². The zero-order valence-electron chi connectivity index (χ0n) is 13.2. The molecule has 0 aromatic rings. The van der Waals surface area contributed by atoms with Crippen molar-refractivity contribution in [1.82, 2.24) is 10.6 Å². The molecule has 0 radical (unpaired) electrons. The van der Waals surface area contributed by atoms with E-state index in [0.717, 1.165) is 25.7 Å². The lowest BCUT2D eigenvalue weighted by Gasteiger charge is -2.32. The predicted octanol–water partition coefficient (Wildman–Crippen LogP) is 1.17. The smallest absolute Gasteiger partial charge is 0.242 e. The van der Waals surface area contributed by atoms with Crippen molar-refractivity contribution in [1.29, 1.82) is 0 Å². The molecule has 1 aliphatic carbocycles. The highest BCUT2D eigenvalue weighted by atomic mass is 16.2. The van der Waals surface area contributed by atoms with Gasteiger partial charge in [-0.15, -0.1) is 0 Å². The van der Waals surface area contributed by atoms with E-state index in [1.54, 1.807) is 7.05 Å². The largest absolute Gasteiger partial charge is 0.357 e. The summed E-state index contributed by atoms with van der Waals surface area (Å²) in [5.41, 5.74) is 5.65. The van der Waals surface area contributed by atoms with Crippen LogP contribution < -0.4 is 16.4 Å². The minimum Gasteiger partial charge on any atom is -0.357 e. The molecule has 0 aromatic carbocycles. The first-order valence-electron chi connectivity index (χ1n) is 7.55. The lowest BCUT2D eigenvalue weighted by atomic mass is 9.82. The van der Waals surface area contributed by atoms with E-state index < -0.39 is 12.1 Å². The van der Waals surface area contributed by atoms with E-state index in [4.69, 9.17) is 5.73 Å². The first-order chi connectivity index (χ1) is 9.27. The van der Waals surface area contributed by atoms with Crippen LogP contribution in [0.5, 0.6) is 0 Å². The average molecular weight is 283 g/mol. The molecule has 5 nitrogen and oxygen atoms in total. The molecule has 1 rings (SSSR count). The SMILES string of the molecule is CNC(=O)C(NC(=O)[C@@H](N)C(C)(C)C)C1CCCCC1. The summed E-state index contributed by atoms with van der Waals surface area (Å²) >= 11 is 0. The second-order valence-electron chi connectivity index (χ2n) is 6.84. The topological polar surface area (TPSA) is 84.2 Å². The molecule has 2 atom stereocenters. The first-order valence-corrected chi connectivity index (χ1v) is 7.55. The Morgan fingerprint density at radius 3 is 2.10 bits per heavy atom. The fourth-order valence-corrected chi connectivity index (χ4v) is 2.66. The van der Waals surface area contributed by atoms with Crippen LogP contribution in [0.25, 0.3) is 0 Å². The Bertz CT molecular complexity index is 344. The quantitative estimate of drug-likeness (QED) is 0.724. The van der Waals surface area contributed by atoms with Crippen molar-refractivity contribution in [3.63, 3.8) is 0 Å². The molecule has 0 heterocycles. The number of likely N-dealkylation sites (N-methyl/N-ethyl adjacent to an activating group) is 1. The van der Waals surface area contributed by atoms with Crippen molar-refractivity contribution >= 4 is 11.8 Å². The fraction of sp³-hybridized carbons (Fsp3) is 0.867. The zero-order valence-corrected chi connectivity index (χ0v) is 13.2. The number of rotatable bonds is 4. The molecule has 4 N–H and O–H groups in total. The van der Waals surface area contributed by atoms with E-state index in [-0.39, 0.29) is 23.1 Å². The molecule has 1 aliphatic rings. The summed E-state index contributed by atoms with van der Waals surface area (Å²) in [4.78, 5) is 24.3. The van der Waals surface area contributed by atoms with Crippen LogP contribution in [0.4, 0.5) is 0 Å². The standard InChI is InChI=1S/C15H29N3O2/c1-15(2,3)12(16)14(20)18-11(13(19)17-4)10-8-6-5-7-9-10/h10-12H,5-9,16H2,1-4H3,(H,17,19)(H,18,20)/t11?,12-/m1/s1. The van der Waals surface area contributed by atoms with E-state index in [0.29, 0.717) is 0 Å². The molecule has 116 valence electrons. The highest BCUT2D eigenvalue weighted by Crippen LogP contribution is 2.27. The van der Waals surface area contributed by atoms with Gasteiger partial charge >= 0.3 is 0 Å². The number of carbonyl (C=O) groups excluding carboxylic acids is 2. The third-order valence-electron chi connectivity index (χ3n) is 4.16. The molecule has 0 aliphatic heterocycles. The maximum Gasteiger partial charge on any atom is 0.242 e. The average Bonchev–Trinajstić information content (AvgIpc) is 2.42. The molecule has 20 heavy (non-hydrogen) atoms. The predicted molar refractivity (Wildman–Crippen MR) is 80.0 cm³/mol. The van der Waals surface area contributed by atoms with Gasteiger partial charge in [0.05, 0.1) is 6.04 Å². The van der Waals surface area contributed by atoms with Gasteiger partial charge in [-0.25, -0.2) is 0 Å². The molecule has 1 fully saturated rings. The van der Waals surface area contributed by atoms with Gasteiger partial charge in [0, 0.05) is 7.05 Å². The second-order valence-corrected chi connectivity index (χ2v) is 6.84. The number of hydrogen-bond acceptors (Lipinski definition) is 3. The molecular weight excluding hydrogens is 254 g/mol. The second kappa shape index (κ2) is 7.07. The van der Waals surface area contributed by atoms with E-state index >= 15 is 0 Å². The Labute approximate surface area is 122 Å². The van der Waals surface area contributed by atoms with Crippen molar-refractivity contribution in [2.75, 3.05) is 7.05 Å². The van der Waals surface area contributed by atoms with E-state index in [1.807, 2.05) is 20.8 Å². The summed E-state index contributed by atoms with van der Waals surface area (Å²) in [6, 6.07) is -1.07. The Kier molecular flexibility index (Phi) is 5.99. The number of nitrogens with two attached hydrogens (primary N) is 1. The maximum atomic E-state index is 12.2. The van der Waals surface area contributed by atoms with Crippen LogP contribution in [0, 0.1) is 11.3 Å². The lowest BCUT2D eigenvalue weighted by molar-refractivity contribution is -0.132. The van der Waals surface area contributed by atoms with Crippen molar-refractivity contribution < 1.29 is 9.59 Å². The van der Waals surface area contributed by atoms with Gasteiger partial charge in [-0.2, -0.15) is 0 Å². The van der Waals surface area contributed by atoms with Gasteiger partial charge in [-0.1, -0.05) is 40.0 Å². The summed E-state index contributed by atoms with van der Waals surface area (Å²) < 4.78 is 0. The van der Waals surface area contributed by atoms with Gasteiger partial charge in [0.15, 0.2) is 0 Å². The number of carbonyl (C=O) groups is 2. The molecule has 0 aromatic heterocycles. The summed E-state index contributed by atoms with van der Waals surface area (Å²) in [6.45, 7) is 5.77. The minimum absolute atomic E-state index is 0.119. The van der Waals surface area contributed by atoms with Crippen LogP contribution in [0.1, 0.15) is 52.9 Å².